The van der Waals surface area contributed by atoms with Gasteiger partial charge in [-0.2, -0.15) is 4.73 Å². The van der Waals surface area contributed by atoms with Crippen molar-refractivity contribution in [2.75, 3.05) is 4.90 Å². The second-order valence-corrected chi connectivity index (χ2v) is 9.14. The third-order valence-corrected chi connectivity index (χ3v) is 6.82. The molecule has 0 radical (unpaired) electrons. The van der Waals surface area contributed by atoms with Gasteiger partial charge in [0.15, 0.2) is 6.20 Å². The maximum atomic E-state index is 13.7. The molecule has 0 bridgehead atoms. The van der Waals surface area contributed by atoms with Crippen LogP contribution in [0.25, 0.3) is 0 Å². The molecule has 4 nitrogen and oxygen atoms in total. The number of anilines is 1. The lowest BCUT2D eigenvalue weighted by Gasteiger charge is -2.36. The van der Waals surface area contributed by atoms with E-state index in [4.69, 9.17) is 11.6 Å². The zero-order chi connectivity index (χ0) is 22.5. The van der Waals surface area contributed by atoms with Crippen LogP contribution in [-0.2, 0) is 11.2 Å². The lowest BCUT2D eigenvalue weighted by molar-refractivity contribution is -0.604. The predicted molar refractivity (Wildman–Crippen MR) is 129 cm³/mol. The molecule has 1 amide bonds. The second-order valence-electron chi connectivity index (χ2n) is 8.70. The Morgan fingerprint density at radius 1 is 1.06 bits per heavy atom. The fourth-order valence-corrected chi connectivity index (χ4v) is 4.97. The van der Waals surface area contributed by atoms with Crippen molar-refractivity contribution < 1.29 is 9.52 Å². The molecule has 0 spiro atoms. The van der Waals surface area contributed by atoms with E-state index in [0.29, 0.717) is 10.7 Å². The third kappa shape index (κ3) is 5.13. The number of carbonyl (C=O) groups excluding carboxylic acids is 1. The number of aromatic nitrogens is 1. The molecular formula is C27H29ClN2O2. The minimum absolute atomic E-state index is 0.0183. The van der Waals surface area contributed by atoms with Crippen molar-refractivity contribution in [2.45, 2.75) is 51.0 Å². The topological polar surface area (TPSA) is 47.2 Å². The minimum atomic E-state index is -0.136. The highest BCUT2D eigenvalue weighted by atomic mass is 35.5. The number of nitrogens with zero attached hydrogens (tertiary/aromatic N) is 2. The molecule has 166 valence electrons. The number of amides is 1. The molecule has 0 N–H and O–H groups in total. The van der Waals surface area contributed by atoms with E-state index in [9.17, 15) is 10.0 Å². The largest absolute Gasteiger partial charge is 0.619 e. The van der Waals surface area contributed by atoms with Crippen LogP contribution in [-0.4, -0.2) is 11.9 Å². The van der Waals surface area contributed by atoms with Gasteiger partial charge in [0, 0.05) is 29.0 Å². The molecule has 4 rings (SSSR count). The molecular weight excluding hydrogens is 420 g/mol. The van der Waals surface area contributed by atoms with E-state index in [-0.39, 0.29) is 23.8 Å². The minimum Gasteiger partial charge on any atom is -0.619 e. The summed E-state index contributed by atoms with van der Waals surface area (Å²) >= 11 is 6.10. The van der Waals surface area contributed by atoms with Gasteiger partial charge in [-0.05, 0) is 55.5 Å². The molecule has 1 heterocycles. The fraction of sp³-hybridized carbons (Fsp3) is 0.333. The van der Waals surface area contributed by atoms with E-state index < -0.39 is 0 Å². The van der Waals surface area contributed by atoms with E-state index in [1.165, 1.54) is 18.0 Å². The van der Waals surface area contributed by atoms with Crippen LogP contribution < -0.4 is 9.63 Å². The van der Waals surface area contributed by atoms with Gasteiger partial charge in [-0.25, -0.2) is 0 Å². The van der Waals surface area contributed by atoms with E-state index in [0.717, 1.165) is 42.4 Å². The number of hydrogen-bond acceptors (Lipinski definition) is 2. The third-order valence-electron chi connectivity index (χ3n) is 6.57. The smallest absolute Gasteiger partial charge is 0.230 e. The molecule has 2 unspecified atom stereocenters. The molecule has 2 aromatic carbocycles. The zero-order valence-electron chi connectivity index (χ0n) is 18.4. The Morgan fingerprint density at radius 2 is 1.75 bits per heavy atom. The first-order valence-electron chi connectivity index (χ1n) is 11.3. The van der Waals surface area contributed by atoms with Crippen LogP contribution >= 0.6 is 11.6 Å². The van der Waals surface area contributed by atoms with Crippen LogP contribution in [0.5, 0.6) is 0 Å². The average Bonchev–Trinajstić information content (AvgIpc) is 3.34. The molecule has 2 atom stereocenters. The summed E-state index contributed by atoms with van der Waals surface area (Å²) in [5, 5.41) is 12.8. The normalized spacial score (nSPS) is 15.9. The molecule has 1 fully saturated rings. The first-order chi connectivity index (χ1) is 15.5. The van der Waals surface area contributed by atoms with E-state index in [2.05, 4.69) is 19.1 Å². The Morgan fingerprint density at radius 3 is 2.41 bits per heavy atom. The standard InChI is InChI=1S/C27H29ClN2O2/c1-20(26(22-8-3-2-4-9-22)18-21-13-15-24(28)16-14-21)30(25-12-7-17-29(32)19-25)27(31)23-10-5-6-11-23/h2-4,7-9,12-17,19-20,23,26H,5-6,10-11,18H2,1H3. The first kappa shape index (κ1) is 22.3. The van der Waals surface area contributed by atoms with Crippen LogP contribution in [0.4, 0.5) is 5.69 Å². The number of rotatable bonds is 7. The quantitative estimate of drug-likeness (QED) is 0.333. The Balaban J connectivity index is 1.73. The monoisotopic (exact) mass is 448 g/mol. The molecule has 0 saturated heterocycles. The Hall–Kier alpha value is -2.85. The number of pyridine rings is 1. The molecule has 1 saturated carbocycles. The van der Waals surface area contributed by atoms with Crippen LogP contribution in [0.2, 0.25) is 5.02 Å². The van der Waals surface area contributed by atoms with Gasteiger partial charge in [-0.15, -0.1) is 0 Å². The van der Waals surface area contributed by atoms with Crippen molar-refractivity contribution in [1.29, 1.82) is 0 Å². The number of carbonyl (C=O) groups is 1. The van der Waals surface area contributed by atoms with Gasteiger partial charge < -0.3 is 10.1 Å². The van der Waals surface area contributed by atoms with Gasteiger partial charge in [0.05, 0.1) is 0 Å². The SMILES string of the molecule is CC(C(Cc1ccc(Cl)cc1)c1ccccc1)N(C(=O)C1CCCC1)c1ccc[n+]([O-])c1. The van der Waals surface area contributed by atoms with Crippen molar-refractivity contribution in [1.82, 2.24) is 0 Å². The molecule has 1 aliphatic rings. The van der Waals surface area contributed by atoms with Gasteiger partial charge >= 0.3 is 0 Å². The van der Waals surface area contributed by atoms with Gasteiger partial charge in [0.1, 0.15) is 5.69 Å². The predicted octanol–water partition coefficient (Wildman–Crippen LogP) is 5.91. The highest BCUT2D eigenvalue weighted by Gasteiger charge is 2.35. The summed E-state index contributed by atoms with van der Waals surface area (Å²) in [6.45, 7) is 2.10. The maximum Gasteiger partial charge on any atom is 0.230 e. The fourth-order valence-electron chi connectivity index (χ4n) is 4.84. The summed E-state index contributed by atoms with van der Waals surface area (Å²) in [5.41, 5.74) is 2.99. The van der Waals surface area contributed by atoms with Gasteiger partial charge in [-0.3, -0.25) is 4.79 Å². The molecule has 1 aliphatic carbocycles. The summed E-state index contributed by atoms with van der Waals surface area (Å²) < 4.78 is 0.772. The number of halogens is 1. The van der Waals surface area contributed by atoms with Crippen molar-refractivity contribution in [2.24, 2.45) is 5.92 Å². The highest BCUT2D eigenvalue weighted by Crippen LogP contribution is 2.34. The Labute approximate surface area is 195 Å². The molecule has 32 heavy (non-hydrogen) atoms. The van der Waals surface area contributed by atoms with Crippen molar-refractivity contribution in [3.8, 4) is 0 Å². The second kappa shape index (κ2) is 10.2. The Kier molecular flexibility index (Phi) is 7.11. The summed E-state index contributed by atoms with van der Waals surface area (Å²) in [6.07, 6.45) is 7.73. The molecule has 3 aromatic rings. The van der Waals surface area contributed by atoms with E-state index in [1.54, 1.807) is 6.07 Å². The van der Waals surface area contributed by atoms with Gasteiger partial charge in [0.25, 0.3) is 0 Å². The van der Waals surface area contributed by atoms with E-state index >= 15 is 0 Å². The number of benzene rings is 2. The van der Waals surface area contributed by atoms with Crippen LogP contribution in [0.3, 0.4) is 0 Å². The van der Waals surface area contributed by atoms with Crippen molar-refractivity contribution in [3.63, 3.8) is 0 Å². The summed E-state index contributed by atoms with van der Waals surface area (Å²) in [4.78, 5) is 15.6. The van der Waals surface area contributed by atoms with E-state index in [1.807, 2.05) is 53.4 Å². The lowest BCUT2D eigenvalue weighted by atomic mass is 9.85. The molecule has 5 heteroatoms. The summed E-state index contributed by atoms with van der Waals surface area (Å²) in [6, 6.07) is 21.7. The van der Waals surface area contributed by atoms with Gasteiger partial charge in [-0.1, -0.05) is 66.9 Å². The summed E-state index contributed by atoms with van der Waals surface area (Å²) in [7, 11) is 0. The van der Waals surface area contributed by atoms with Crippen molar-refractivity contribution >= 4 is 23.2 Å². The maximum absolute atomic E-state index is 13.7. The first-order valence-corrected chi connectivity index (χ1v) is 11.7. The lowest BCUT2D eigenvalue weighted by Crippen LogP contribution is -2.46. The average molecular weight is 449 g/mol. The van der Waals surface area contributed by atoms with Crippen LogP contribution in [0, 0.1) is 11.1 Å². The zero-order valence-corrected chi connectivity index (χ0v) is 19.1. The molecule has 0 aliphatic heterocycles. The highest BCUT2D eigenvalue weighted by molar-refractivity contribution is 6.30. The molecule has 1 aromatic heterocycles. The number of hydrogen-bond donors (Lipinski definition) is 0. The van der Waals surface area contributed by atoms with Gasteiger partial charge in [0.2, 0.25) is 12.1 Å². The van der Waals surface area contributed by atoms with Crippen LogP contribution in [0.1, 0.15) is 49.7 Å². The van der Waals surface area contributed by atoms with Crippen LogP contribution in [0.15, 0.2) is 79.1 Å². The Bertz CT molecular complexity index is 1030. The summed E-state index contributed by atoms with van der Waals surface area (Å²) in [5.74, 6) is 0.200. The van der Waals surface area contributed by atoms with Crippen molar-refractivity contribution in [3.05, 3.63) is 100 Å².